The van der Waals surface area contributed by atoms with Gasteiger partial charge >= 0.3 is 5.76 Å². The summed E-state index contributed by atoms with van der Waals surface area (Å²) in [5.41, 5.74) is 0.546. The minimum Gasteiger partial charge on any atom is -0.406 e. The second-order valence-electron chi connectivity index (χ2n) is 4.24. The van der Waals surface area contributed by atoms with E-state index in [1.807, 2.05) is 0 Å². The number of fused-ring (bicyclic) bond motifs is 1. The third-order valence-corrected chi connectivity index (χ3v) is 5.57. The third-order valence-electron chi connectivity index (χ3n) is 2.75. The van der Waals surface area contributed by atoms with Crippen molar-refractivity contribution in [2.45, 2.75) is 4.90 Å². The highest BCUT2D eigenvalue weighted by Crippen LogP contribution is 2.36. The number of nitrogens with zero attached hydrogens (tertiary/aromatic N) is 1. The molecule has 0 amide bonds. The Morgan fingerprint density at radius 1 is 1.41 bits per heavy atom. The van der Waals surface area contributed by atoms with Gasteiger partial charge in [0.1, 0.15) is 9.92 Å². The van der Waals surface area contributed by atoms with Crippen LogP contribution in [-0.2, 0) is 10.0 Å². The number of oxazole rings is 1. The Bertz CT molecular complexity index is 1010. The molecule has 2 N–H and O–H groups in total. The van der Waals surface area contributed by atoms with E-state index in [2.05, 4.69) is 30.6 Å². The molecule has 2 aromatic heterocycles. The summed E-state index contributed by atoms with van der Waals surface area (Å²) in [6.07, 6.45) is 2.87. The molecule has 2 heterocycles. The lowest BCUT2D eigenvalue weighted by Gasteiger charge is -2.11. The minimum atomic E-state index is -4.00. The largest absolute Gasteiger partial charge is 0.417 e. The van der Waals surface area contributed by atoms with Crippen molar-refractivity contribution in [3.63, 3.8) is 0 Å². The van der Waals surface area contributed by atoms with Crippen LogP contribution in [-0.4, -0.2) is 18.4 Å². The standard InChI is InChI=1S/C12H7BrClN3O4S/c13-7-4-8-10(21-12(18)16-8)9(14)11(7)22(19,20)17-6-2-1-3-15-5-6/h1-5,17H,(H,16,18). The van der Waals surface area contributed by atoms with Crippen molar-refractivity contribution < 1.29 is 12.8 Å². The van der Waals surface area contributed by atoms with E-state index in [1.54, 1.807) is 12.1 Å². The molecular weight excluding hydrogens is 398 g/mol. The van der Waals surface area contributed by atoms with Gasteiger partial charge in [-0.1, -0.05) is 11.6 Å². The van der Waals surface area contributed by atoms with Crippen molar-refractivity contribution in [1.82, 2.24) is 9.97 Å². The van der Waals surface area contributed by atoms with Gasteiger partial charge in [0.25, 0.3) is 10.0 Å². The number of rotatable bonds is 3. The summed E-state index contributed by atoms with van der Waals surface area (Å²) in [7, 11) is -4.00. The van der Waals surface area contributed by atoms with E-state index in [9.17, 15) is 13.2 Å². The van der Waals surface area contributed by atoms with Gasteiger partial charge in [0.2, 0.25) is 0 Å². The van der Waals surface area contributed by atoms with E-state index in [4.69, 9.17) is 16.0 Å². The lowest BCUT2D eigenvalue weighted by Crippen LogP contribution is -2.14. The monoisotopic (exact) mass is 403 g/mol. The quantitative estimate of drug-likeness (QED) is 0.698. The Hall–Kier alpha value is -1.84. The normalized spacial score (nSPS) is 11.7. The topological polar surface area (TPSA) is 105 Å². The van der Waals surface area contributed by atoms with Crippen LogP contribution in [0.3, 0.4) is 0 Å². The first-order valence-electron chi connectivity index (χ1n) is 5.82. The number of pyridine rings is 1. The maximum atomic E-state index is 12.5. The fourth-order valence-corrected chi connectivity index (χ4v) is 4.79. The number of hydrogen-bond donors (Lipinski definition) is 2. The SMILES string of the molecule is O=c1[nH]c2cc(Br)c(S(=O)(=O)Nc3cccnc3)c(Cl)c2o1. The minimum absolute atomic E-state index is 0.0265. The van der Waals surface area contributed by atoms with Crippen molar-refractivity contribution in [2.24, 2.45) is 0 Å². The summed E-state index contributed by atoms with van der Waals surface area (Å²) in [6.45, 7) is 0. The summed E-state index contributed by atoms with van der Waals surface area (Å²) in [6, 6.07) is 4.54. The molecule has 114 valence electrons. The van der Waals surface area contributed by atoms with Gasteiger partial charge in [-0.25, -0.2) is 13.2 Å². The predicted octanol–water partition coefficient (Wildman–Crippen LogP) is 2.73. The number of benzene rings is 1. The molecule has 1 aromatic carbocycles. The molecule has 0 saturated carbocycles. The second-order valence-corrected chi connectivity index (χ2v) is 7.09. The van der Waals surface area contributed by atoms with Crippen LogP contribution in [0.2, 0.25) is 5.02 Å². The van der Waals surface area contributed by atoms with Gasteiger partial charge in [-0.2, -0.15) is 0 Å². The molecule has 0 atom stereocenters. The van der Waals surface area contributed by atoms with E-state index in [1.165, 1.54) is 18.5 Å². The Morgan fingerprint density at radius 3 is 2.86 bits per heavy atom. The highest BCUT2D eigenvalue weighted by molar-refractivity contribution is 9.10. The molecule has 10 heteroatoms. The van der Waals surface area contributed by atoms with Crippen molar-refractivity contribution in [3.8, 4) is 0 Å². The molecule has 0 fully saturated rings. The number of aromatic nitrogens is 2. The van der Waals surface area contributed by atoms with Crippen LogP contribution in [0.1, 0.15) is 0 Å². The maximum Gasteiger partial charge on any atom is 0.417 e. The van der Waals surface area contributed by atoms with Crippen molar-refractivity contribution in [3.05, 3.63) is 50.6 Å². The van der Waals surface area contributed by atoms with E-state index in [0.717, 1.165) is 0 Å². The van der Waals surface area contributed by atoms with Crippen molar-refractivity contribution >= 4 is 54.3 Å². The number of H-pyrrole nitrogens is 1. The molecule has 0 saturated heterocycles. The van der Waals surface area contributed by atoms with Gasteiger partial charge in [-0.05, 0) is 34.1 Å². The number of aromatic amines is 1. The van der Waals surface area contributed by atoms with E-state index in [-0.39, 0.29) is 25.7 Å². The number of halogens is 2. The van der Waals surface area contributed by atoms with Crippen LogP contribution in [0.4, 0.5) is 5.69 Å². The molecule has 7 nitrogen and oxygen atoms in total. The lowest BCUT2D eigenvalue weighted by molar-refractivity contribution is 0.554. The van der Waals surface area contributed by atoms with Crippen LogP contribution in [0, 0.1) is 0 Å². The molecule has 3 rings (SSSR count). The van der Waals surface area contributed by atoms with Crippen LogP contribution >= 0.6 is 27.5 Å². The lowest BCUT2D eigenvalue weighted by atomic mass is 10.3. The fourth-order valence-electron chi connectivity index (χ4n) is 1.88. The Kier molecular flexibility index (Phi) is 3.71. The van der Waals surface area contributed by atoms with Crippen LogP contribution in [0.15, 0.2) is 49.2 Å². The van der Waals surface area contributed by atoms with Gasteiger partial charge in [-0.15, -0.1) is 0 Å². The summed E-state index contributed by atoms with van der Waals surface area (Å²) in [5, 5.41) is -0.195. The number of sulfonamides is 1. The second kappa shape index (κ2) is 5.41. The fraction of sp³-hybridized carbons (Fsp3) is 0. The molecular formula is C12H7BrClN3O4S. The number of nitrogens with one attached hydrogen (secondary N) is 2. The van der Waals surface area contributed by atoms with Crippen molar-refractivity contribution in [1.29, 1.82) is 0 Å². The van der Waals surface area contributed by atoms with Crippen LogP contribution in [0.25, 0.3) is 11.1 Å². The molecule has 0 unspecified atom stereocenters. The Labute approximate surface area is 137 Å². The summed E-state index contributed by atoms with van der Waals surface area (Å²) in [5.74, 6) is -0.724. The predicted molar refractivity (Wildman–Crippen MR) is 84.6 cm³/mol. The molecule has 0 aliphatic carbocycles. The first-order chi connectivity index (χ1) is 10.4. The molecule has 3 aromatic rings. The van der Waals surface area contributed by atoms with Crippen LogP contribution < -0.4 is 10.5 Å². The smallest absolute Gasteiger partial charge is 0.406 e. The van der Waals surface area contributed by atoms with E-state index in [0.29, 0.717) is 5.52 Å². The first-order valence-corrected chi connectivity index (χ1v) is 8.47. The maximum absolute atomic E-state index is 12.5. The zero-order chi connectivity index (χ0) is 15.9. The highest BCUT2D eigenvalue weighted by atomic mass is 79.9. The van der Waals surface area contributed by atoms with E-state index >= 15 is 0 Å². The Balaban J connectivity index is 2.18. The van der Waals surface area contributed by atoms with Gasteiger partial charge in [0, 0.05) is 10.7 Å². The Morgan fingerprint density at radius 2 is 2.18 bits per heavy atom. The van der Waals surface area contributed by atoms with Gasteiger partial charge < -0.3 is 4.42 Å². The third kappa shape index (κ3) is 2.62. The first kappa shape index (κ1) is 15.1. The molecule has 0 spiro atoms. The average molecular weight is 405 g/mol. The molecule has 0 aliphatic heterocycles. The van der Waals surface area contributed by atoms with Gasteiger partial charge in [0.15, 0.2) is 5.58 Å². The van der Waals surface area contributed by atoms with Crippen LogP contribution in [0.5, 0.6) is 0 Å². The average Bonchev–Trinajstić information content (AvgIpc) is 2.79. The van der Waals surface area contributed by atoms with Crippen molar-refractivity contribution in [2.75, 3.05) is 4.72 Å². The van der Waals surface area contributed by atoms with Gasteiger partial charge in [0.05, 0.1) is 17.4 Å². The summed E-state index contributed by atoms with van der Waals surface area (Å²) < 4.78 is 32.4. The molecule has 0 aliphatic rings. The molecule has 0 bridgehead atoms. The summed E-state index contributed by atoms with van der Waals surface area (Å²) in [4.78, 5) is 17.2. The highest BCUT2D eigenvalue weighted by Gasteiger charge is 2.25. The zero-order valence-electron chi connectivity index (χ0n) is 10.6. The van der Waals surface area contributed by atoms with E-state index < -0.39 is 15.8 Å². The zero-order valence-corrected chi connectivity index (χ0v) is 13.8. The molecule has 22 heavy (non-hydrogen) atoms. The van der Waals surface area contributed by atoms with Gasteiger partial charge in [-0.3, -0.25) is 14.7 Å². The molecule has 0 radical (unpaired) electrons. The number of anilines is 1. The number of hydrogen-bond acceptors (Lipinski definition) is 5. The summed E-state index contributed by atoms with van der Waals surface area (Å²) >= 11 is 9.24.